The Kier molecular flexibility index (Phi) is 3.75. The van der Waals surface area contributed by atoms with Crippen LogP contribution in [0.5, 0.6) is 0 Å². The van der Waals surface area contributed by atoms with Gasteiger partial charge >= 0.3 is 0 Å². The van der Waals surface area contributed by atoms with Gasteiger partial charge in [-0.25, -0.2) is 13.4 Å². The largest absolute Gasteiger partial charge is 0.305 e. The van der Waals surface area contributed by atoms with Gasteiger partial charge in [-0.15, -0.1) is 10.2 Å². The zero-order chi connectivity index (χ0) is 15.9. The molecule has 8 nitrogen and oxygen atoms in total. The van der Waals surface area contributed by atoms with E-state index in [1.54, 1.807) is 18.5 Å². The van der Waals surface area contributed by atoms with E-state index in [2.05, 4.69) is 25.4 Å². The summed E-state index contributed by atoms with van der Waals surface area (Å²) in [6.45, 7) is 3.51. The molecular formula is C13H20N6O2S. The molecule has 0 spiro atoms. The van der Waals surface area contributed by atoms with Gasteiger partial charge in [0.05, 0.1) is 0 Å². The molecule has 0 radical (unpaired) electrons. The second-order valence-corrected chi connectivity index (χ2v) is 7.87. The summed E-state index contributed by atoms with van der Waals surface area (Å²) in [5, 5.41) is 13.9. The molecule has 0 saturated heterocycles. The van der Waals surface area contributed by atoms with E-state index in [9.17, 15) is 8.42 Å². The number of nitrogens with one attached hydrogen (secondary N) is 1. The van der Waals surface area contributed by atoms with Crippen LogP contribution in [-0.4, -0.2) is 38.4 Å². The average molecular weight is 324 g/mol. The number of H-pyrrole nitrogens is 1. The maximum absolute atomic E-state index is 12.8. The van der Waals surface area contributed by atoms with Gasteiger partial charge in [0, 0.05) is 19.4 Å². The Labute approximate surface area is 129 Å². The first-order chi connectivity index (χ1) is 10.4. The maximum Gasteiger partial charge on any atom is 0.250 e. The molecule has 2 heterocycles. The normalized spacial score (nSPS) is 17.4. The molecule has 0 aromatic carbocycles. The van der Waals surface area contributed by atoms with Crippen LogP contribution in [0.25, 0.3) is 0 Å². The lowest BCUT2D eigenvalue weighted by molar-refractivity contribution is 0.389. The highest BCUT2D eigenvalue weighted by Crippen LogP contribution is 2.36. The zero-order valence-electron chi connectivity index (χ0n) is 12.9. The predicted octanol–water partition coefficient (Wildman–Crippen LogP) is 1.30. The minimum atomic E-state index is -3.67. The number of hydrogen-bond donors (Lipinski definition) is 1. The second kappa shape index (κ2) is 5.45. The van der Waals surface area contributed by atoms with Gasteiger partial charge in [0.1, 0.15) is 16.9 Å². The number of hydrogen-bond acceptors (Lipinski definition) is 6. The molecule has 1 atom stereocenters. The zero-order valence-corrected chi connectivity index (χ0v) is 13.8. The van der Waals surface area contributed by atoms with E-state index in [0.29, 0.717) is 18.2 Å². The Hall–Kier alpha value is -1.77. The summed E-state index contributed by atoms with van der Waals surface area (Å²) < 4.78 is 27.2. The van der Waals surface area contributed by atoms with Gasteiger partial charge in [0.2, 0.25) is 15.0 Å². The van der Waals surface area contributed by atoms with E-state index < -0.39 is 15.1 Å². The first-order valence-electron chi connectivity index (χ1n) is 7.49. The van der Waals surface area contributed by atoms with Gasteiger partial charge in [0.25, 0.3) is 0 Å². The summed E-state index contributed by atoms with van der Waals surface area (Å²) in [5.74, 6) is 2.02. The van der Waals surface area contributed by atoms with Crippen LogP contribution in [0, 0.1) is 0 Å². The number of nitrogens with zero attached hydrogens (tertiary/aromatic N) is 5. The Balaban J connectivity index is 1.93. The fraction of sp³-hybridized carbons (Fsp3) is 0.692. The molecule has 22 heavy (non-hydrogen) atoms. The summed E-state index contributed by atoms with van der Waals surface area (Å²) in [5.41, 5.74) is 0. The molecule has 120 valence electrons. The van der Waals surface area contributed by atoms with Gasteiger partial charge in [-0.1, -0.05) is 13.3 Å². The van der Waals surface area contributed by atoms with Gasteiger partial charge in [0.15, 0.2) is 5.82 Å². The van der Waals surface area contributed by atoms with Gasteiger partial charge in [-0.05, 0) is 19.8 Å². The Bertz CT molecular complexity index is 774. The van der Waals surface area contributed by atoms with Crippen LogP contribution in [0.15, 0.2) is 5.16 Å². The Morgan fingerprint density at radius 3 is 2.64 bits per heavy atom. The van der Waals surface area contributed by atoms with Crippen molar-refractivity contribution in [1.82, 2.24) is 29.9 Å². The SMILES string of the molecule is CCc1nc(C(C)S(=O)(=O)c2nnc(C3CCC3)n2C)n[nH]1. The summed E-state index contributed by atoms with van der Waals surface area (Å²) in [7, 11) is -1.96. The van der Waals surface area contributed by atoms with E-state index in [-0.39, 0.29) is 11.0 Å². The molecule has 3 rings (SSSR count). The van der Waals surface area contributed by atoms with Gasteiger partial charge in [-0.3, -0.25) is 5.10 Å². The number of sulfone groups is 1. The van der Waals surface area contributed by atoms with Crippen molar-refractivity contribution < 1.29 is 8.42 Å². The van der Waals surface area contributed by atoms with E-state index in [0.717, 1.165) is 25.1 Å². The van der Waals surface area contributed by atoms with Crippen LogP contribution >= 0.6 is 0 Å². The van der Waals surface area contributed by atoms with Crippen LogP contribution in [0.2, 0.25) is 0 Å². The van der Waals surface area contributed by atoms with E-state index >= 15 is 0 Å². The molecule has 0 bridgehead atoms. The van der Waals surface area contributed by atoms with Crippen molar-refractivity contribution in [3.63, 3.8) is 0 Å². The molecule has 1 saturated carbocycles. The summed E-state index contributed by atoms with van der Waals surface area (Å²) in [6.07, 6.45) is 3.92. The number of rotatable bonds is 5. The van der Waals surface area contributed by atoms with Crippen molar-refractivity contribution >= 4 is 9.84 Å². The summed E-state index contributed by atoms with van der Waals surface area (Å²) in [4.78, 5) is 4.22. The highest BCUT2D eigenvalue weighted by molar-refractivity contribution is 7.91. The third-order valence-electron chi connectivity index (χ3n) is 4.31. The lowest BCUT2D eigenvalue weighted by atomic mass is 9.85. The van der Waals surface area contributed by atoms with Gasteiger partial charge < -0.3 is 4.57 Å². The third-order valence-corrected chi connectivity index (χ3v) is 6.31. The van der Waals surface area contributed by atoms with Crippen molar-refractivity contribution in [3.8, 4) is 0 Å². The maximum atomic E-state index is 12.8. The molecule has 1 unspecified atom stereocenters. The topological polar surface area (TPSA) is 106 Å². The van der Waals surface area contributed by atoms with Crippen molar-refractivity contribution in [2.45, 2.75) is 55.9 Å². The van der Waals surface area contributed by atoms with Crippen LogP contribution in [-0.2, 0) is 23.3 Å². The van der Waals surface area contributed by atoms with E-state index in [1.807, 2.05) is 6.92 Å². The molecule has 1 fully saturated rings. The first-order valence-corrected chi connectivity index (χ1v) is 9.04. The van der Waals surface area contributed by atoms with Crippen LogP contribution < -0.4 is 0 Å². The number of aromatic amines is 1. The summed E-state index contributed by atoms with van der Waals surface area (Å²) >= 11 is 0. The molecule has 1 N–H and O–H groups in total. The van der Waals surface area contributed by atoms with Crippen LogP contribution in [0.1, 0.15) is 61.8 Å². The van der Waals surface area contributed by atoms with Crippen molar-refractivity contribution in [2.75, 3.05) is 0 Å². The van der Waals surface area contributed by atoms with Crippen molar-refractivity contribution in [3.05, 3.63) is 17.5 Å². The lowest BCUT2D eigenvalue weighted by Gasteiger charge is -2.24. The molecule has 9 heteroatoms. The van der Waals surface area contributed by atoms with Crippen molar-refractivity contribution in [1.29, 1.82) is 0 Å². The highest BCUT2D eigenvalue weighted by Gasteiger charge is 2.35. The minimum Gasteiger partial charge on any atom is -0.305 e. The van der Waals surface area contributed by atoms with E-state index in [4.69, 9.17) is 0 Å². The fourth-order valence-corrected chi connectivity index (χ4v) is 3.87. The summed E-state index contributed by atoms with van der Waals surface area (Å²) in [6, 6.07) is 0. The molecule has 1 aliphatic carbocycles. The van der Waals surface area contributed by atoms with E-state index in [1.165, 1.54) is 0 Å². The second-order valence-electron chi connectivity index (χ2n) is 5.71. The molecule has 0 aliphatic heterocycles. The molecule has 0 amide bonds. The number of aromatic nitrogens is 6. The monoisotopic (exact) mass is 324 g/mol. The average Bonchev–Trinajstić information content (AvgIpc) is 3.04. The quantitative estimate of drug-likeness (QED) is 0.888. The Morgan fingerprint density at radius 1 is 1.36 bits per heavy atom. The standard InChI is InChI=1S/C13H20N6O2S/c1-4-10-14-11(16-15-10)8(2)22(20,21)13-18-17-12(19(13)3)9-6-5-7-9/h8-9H,4-7H2,1-3H3,(H,14,15,16). The highest BCUT2D eigenvalue weighted by atomic mass is 32.2. The number of aryl methyl sites for hydroxylation is 1. The molecular weight excluding hydrogens is 304 g/mol. The minimum absolute atomic E-state index is 0.00949. The molecule has 1 aliphatic rings. The van der Waals surface area contributed by atoms with Gasteiger partial charge in [-0.2, -0.15) is 5.10 Å². The first kappa shape index (κ1) is 15.1. The van der Waals surface area contributed by atoms with Crippen molar-refractivity contribution in [2.24, 2.45) is 7.05 Å². The predicted molar refractivity (Wildman–Crippen MR) is 79.0 cm³/mol. The lowest BCUT2D eigenvalue weighted by Crippen LogP contribution is -2.19. The van der Waals surface area contributed by atoms with Crippen LogP contribution in [0.3, 0.4) is 0 Å². The molecule has 2 aromatic heterocycles. The van der Waals surface area contributed by atoms with Crippen LogP contribution in [0.4, 0.5) is 0 Å². The third kappa shape index (κ3) is 2.33. The molecule has 2 aromatic rings. The fourth-order valence-electron chi connectivity index (χ4n) is 2.54. The smallest absolute Gasteiger partial charge is 0.250 e. The Morgan fingerprint density at radius 2 is 2.09 bits per heavy atom.